The summed E-state index contributed by atoms with van der Waals surface area (Å²) >= 11 is 1.55. The second-order valence-corrected chi connectivity index (χ2v) is 8.74. The lowest BCUT2D eigenvalue weighted by Crippen LogP contribution is -2.40. The summed E-state index contributed by atoms with van der Waals surface area (Å²) in [6, 6.07) is 7.42. The number of carbonyl (C=O) groups is 1. The normalized spacial score (nSPS) is 17.9. The molecule has 0 bridgehead atoms. The number of rotatable bonds is 4. The molecule has 0 spiro atoms. The summed E-state index contributed by atoms with van der Waals surface area (Å²) in [6.45, 7) is 2.14. The average Bonchev–Trinajstić information content (AvgIpc) is 3.46. The van der Waals surface area contributed by atoms with Crippen molar-refractivity contribution in [1.29, 1.82) is 0 Å². The molecule has 1 saturated heterocycles. The average molecular weight is 395 g/mol. The highest BCUT2D eigenvalue weighted by molar-refractivity contribution is 7.16. The minimum Gasteiger partial charge on any atom is -0.339 e. The third kappa shape index (κ3) is 3.46. The molecule has 5 rings (SSSR count). The van der Waals surface area contributed by atoms with Gasteiger partial charge in [-0.2, -0.15) is 0 Å². The Morgan fingerprint density at radius 3 is 2.68 bits per heavy atom. The van der Waals surface area contributed by atoms with Crippen LogP contribution in [0.3, 0.4) is 0 Å². The molecule has 7 heteroatoms. The van der Waals surface area contributed by atoms with Crippen LogP contribution in [0, 0.1) is 5.92 Å². The van der Waals surface area contributed by atoms with Crippen LogP contribution in [-0.4, -0.2) is 38.4 Å². The molecular weight excluding hydrogens is 372 g/mol. The van der Waals surface area contributed by atoms with Gasteiger partial charge in [0.15, 0.2) is 0 Å². The number of thiazole rings is 1. The first kappa shape index (κ1) is 17.6. The van der Waals surface area contributed by atoms with Crippen LogP contribution in [-0.2, 0) is 6.54 Å². The van der Waals surface area contributed by atoms with Crippen LogP contribution >= 0.6 is 11.3 Å². The number of carbonyl (C=O) groups excluding carboxylic acids is 1. The highest BCUT2D eigenvalue weighted by Gasteiger charge is 2.27. The zero-order valence-electron chi connectivity index (χ0n) is 15.6. The van der Waals surface area contributed by atoms with Gasteiger partial charge in [0.1, 0.15) is 0 Å². The fourth-order valence-corrected chi connectivity index (χ4v) is 4.66. The molecule has 144 valence electrons. The predicted molar refractivity (Wildman–Crippen MR) is 109 cm³/mol. The number of amides is 1. The summed E-state index contributed by atoms with van der Waals surface area (Å²) in [4.78, 5) is 35.8. The third-order valence-electron chi connectivity index (χ3n) is 5.83. The largest absolute Gasteiger partial charge is 0.339 e. The van der Waals surface area contributed by atoms with Gasteiger partial charge >= 0.3 is 0 Å². The minimum atomic E-state index is 0.0493. The van der Waals surface area contributed by atoms with Crippen LogP contribution in [0.15, 0.2) is 40.9 Å². The number of aromatic nitrogens is 3. The third-order valence-corrected chi connectivity index (χ3v) is 6.62. The van der Waals surface area contributed by atoms with Gasteiger partial charge in [-0.15, -0.1) is 11.3 Å². The van der Waals surface area contributed by atoms with Crippen LogP contribution in [0.2, 0.25) is 0 Å². The molecule has 0 radical (unpaired) electrons. The Kier molecular flexibility index (Phi) is 4.47. The maximum Gasteiger partial charge on any atom is 0.253 e. The Morgan fingerprint density at radius 1 is 1.11 bits per heavy atom. The standard InChI is InChI=1S/C21H22N4O2S/c26-20-10-18(15-1-2-15)22-12-25(20)11-14-5-7-24(8-6-14)21(27)16-3-4-17-19(9-16)28-13-23-17/h3-4,9-10,12-15H,1-2,5-8,11H2. The summed E-state index contributed by atoms with van der Waals surface area (Å²) in [5, 5.41) is 0. The van der Waals surface area contributed by atoms with Crippen molar-refractivity contribution in [2.45, 2.75) is 38.1 Å². The van der Waals surface area contributed by atoms with Crippen LogP contribution < -0.4 is 5.56 Å². The molecule has 1 aliphatic heterocycles. The molecule has 0 atom stereocenters. The molecule has 28 heavy (non-hydrogen) atoms. The Hall–Kier alpha value is -2.54. The van der Waals surface area contributed by atoms with Crippen molar-refractivity contribution in [2.75, 3.05) is 13.1 Å². The summed E-state index contributed by atoms with van der Waals surface area (Å²) in [5.74, 6) is 0.987. The summed E-state index contributed by atoms with van der Waals surface area (Å²) in [5.41, 5.74) is 4.46. The zero-order valence-corrected chi connectivity index (χ0v) is 16.4. The summed E-state index contributed by atoms with van der Waals surface area (Å²) in [6.07, 6.45) is 5.83. The molecule has 0 N–H and O–H groups in total. The van der Waals surface area contributed by atoms with Gasteiger partial charge in [0.25, 0.3) is 11.5 Å². The smallest absolute Gasteiger partial charge is 0.253 e. The van der Waals surface area contributed by atoms with Crippen molar-refractivity contribution in [2.24, 2.45) is 5.92 Å². The molecule has 6 nitrogen and oxygen atoms in total. The van der Waals surface area contributed by atoms with Gasteiger partial charge in [0, 0.05) is 37.2 Å². The number of fused-ring (bicyclic) bond motifs is 1. The highest BCUT2D eigenvalue weighted by atomic mass is 32.1. The van der Waals surface area contributed by atoms with Crippen LogP contribution in [0.1, 0.15) is 47.7 Å². The number of nitrogens with zero attached hydrogens (tertiary/aromatic N) is 4. The first-order valence-corrected chi connectivity index (χ1v) is 10.7. The van der Waals surface area contributed by atoms with Gasteiger partial charge < -0.3 is 4.90 Å². The lowest BCUT2D eigenvalue weighted by atomic mass is 9.96. The van der Waals surface area contributed by atoms with E-state index in [0.29, 0.717) is 18.4 Å². The quantitative estimate of drug-likeness (QED) is 0.681. The van der Waals surface area contributed by atoms with Crippen LogP contribution in [0.25, 0.3) is 10.2 Å². The Bertz CT molecular complexity index is 1080. The molecule has 0 unspecified atom stereocenters. The van der Waals surface area contributed by atoms with Crippen molar-refractivity contribution in [3.8, 4) is 0 Å². The molecule has 2 aliphatic rings. The van der Waals surface area contributed by atoms with Gasteiger partial charge in [-0.3, -0.25) is 14.2 Å². The molecule has 2 fully saturated rings. The van der Waals surface area contributed by atoms with E-state index in [0.717, 1.165) is 60.2 Å². The molecule has 1 amide bonds. The molecular formula is C21H22N4O2S. The second-order valence-electron chi connectivity index (χ2n) is 7.85. The van der Waals surface area contributed by atoms with E-state index in [1.165, 1.54) is 0 Å². The number of hydrogen-bond acceptors (Lipinski definition) is 5. The molecule has 1 aliphatic carbocycles. The van der Waals surface area contributed by atoms with E-state index in [-0.39, 0.29) is 11.5 Å². The first-order chi connectivity index (χ1) is 13.7. The zero-order chi connectivity index (χ0) is 19.1. The van der Waals surface area contributed by atoms with Crippen LogP contribution in [0.4, 0.5) is 0 Å². The molecule has 2 aromatic heterocycles. The van der Waals surface area contributed by atoms with Crippen molar-refractivity contribution >= 4 is 27.5 Å². The molecule has 1 aromatic carbocycles. The Labute approximate surface area is 166 Å². The highest BCUT2D eigenvalue weighted by Crippen LogP contribution is 2.38. The second kappa shape index (κ2) is 7.13. The lowest BCUT2D eigenvalue weighted by Gasteiger charge is -2.32. The van der Waals surface area contributed by atoms with Crippen LogP contribution in [0.5, 0.6) is 0 Å². The van der Waals surface area contributed by atoms with Gasteiger partial charge in [-0.25, -0.2) is 9.97 Å². The van der Waals surface area contributed by atoms with E-state index in [4.69, 9.17) is 0 Å². The van der Waals surface area contributed by atoms with E-state index in [1.807, 2.05) is 23.1 Å². The summed E-state index contributed by atoms with van der Waals surface area (Å²) in [7, 11) is 0. The fraction of sp³-hybridized carbons (Fsp3) is 0.429. The van der Waals surface area contributed by atoms with Crippen molar-refractivity contribution in [3.05, 3.63) is 57.7 Å². The van der Waals surface area contributed by atoms with Gasteiger partial charge in [-0.05, 0) is 49.8 Å². The minimum absolute atomic E-state index is 0.0493. The number of piperidine rings is 1. The van der Waals surface area contributed by atoms with Crippen molar-refractivity contribution < 1.29 is 4.79 Å². The predicted octanol–water partition coefficient (Wildman–Crippen LogP) is 3.28. The van der Waals surface area contributed by atoms with Crippen molar-refractivity contribution in [1.82, 2.24) is 19.4 Å². The van der Waals surface area contributed by atoms with Gasteiger partial charge in [-0.1, -0.05) is 0 Å². The van der Waals surface area contributed by atoms with E-state index in [1.54, 1.807) is 33.8 Å². The summed E-state index contributed by atoms with van der Waals surface area (Å²) < 4.78 is 2.77. The number of likely N-dealkylation sites (tertiary alicyclic amines) is 1. The van der Waals surface area contributed by atoms with Gasteiger partial charge in [0.2, 0.25) is 0 Å². The Balaban J connectivity index is 1.21. The van der Waals surface area contributed by atoms with E-state index < -0.39 is 0 Å². The van der Waals surface area contributed by atoms with E-state index in [9.17, 15) is 9.59 Å². The lowest BCUT2D eigenvalue weighted by molar-refractivity contribution is 0.0682. The Morgan fingerprint density at radius 2 is 1.93 bits per heavy atom. The topological polar surface area (TPSA) is 68.1 Å². The van der Waals surface area contributed by atoms with Gasteiger partial charge in [0.05, 0.1) is 27.7 Å². The first-order valence-electron chi connectivity index (χ1n) is 9.86. The molecule has 1 saturated carbocycles. The number of hydrogen-bond donors (Lipinski definition) is 0. The van der Waals surface area contributed by atoms with E-state index >= 15 is 0 Å². The van der Waals surface area contributed by atoms with Crippen molar-refractivity contribution in [3.63, 3.8) is 0 Å². The molecule has 3 aromatic rings. The maximum atomic E-state index is 12.8. The number of benzene rings is 1. The van der Waals surface area contributed by atoms with E-state index in [2.05, 4.69) is 9.97 Å². The SMILES string of the molecule is O=C(c1ccc2ncsc2c1)N1CCC(Cn2cnc(C3CC3)cc2=O)CC1. The molecule has 3 heterocycles. The maximum absolute atomic E-state index is 12.8. The fourth-order valence-electron chi connectivity index (χ4n) is 3.95. The monoisotopic (exact) mass is 394 g/mol.